The number of hydrogen-bond donors (Lipinski definition) is 0. The number of hydrogen-bond acceptors (Lipinski definition) is 5. The van der Waals surface area contributed by atoms with Crippen molar-refractivity contribution in [3.63, 3.8) is 0 Å². The number of carbonyl (C=O) groups excluding carboxylic acids is 2. The Morgan fingerprint density at radius 3 is 2.39 bits per heavy atom. The Morgan fingerprint density at radius 2 is 1.73 bits per heavy atom. The molecule has 0 aromatic heterocycles. The Labute approximate surface area is 205 Å². The standard InChI is InChI=1S/C22H30Cl2N4O4S/c1-33(31,32)28-15-11-25(12-16-28)8-2-9-26-13-14-27(10-7-22(26)30)21(29)6-4-18-3-5-19(23)20(24)17-18/h3-6,17H,2,7-16H2,1H3. The largest absolute Gasteiger partial charge is 0.341 e. The van der Waals surface area contributed by atoms with Crippen molar-refractivity contribution >= 4 is 51.1 Å². The van der Waals surface area contributed by atoms with E-state index >= 15 is 0 Å². The average molecular weight is 517 g/mol. The van der Waals surface area contributed by atoms with Crippen LogP contribution < -0.4 is 0 Å². The molecule has 0 saturated carbocycles. The van der Waals surface area contributed by atoms with Crippen LogP contribution in [0.1, 0.15) is 18.4 Å². The lowest BCUT2D eigenvalue weighted by atomic mass is 10.2. The van der Waals surface area contributed by atoms with Gasteiger partial charge in [0.25, 0.3) is 0 Å². The van der Waals surface area contributed by atoms with Crippen molar-refractivity contribution in [2.45, 2.75) is 12.8 Å². The van der Waals surface area contributed by atoms with Gasteiger partial charge in [0.05, 0.1) is 16.3 Å². The van der Waals surface area contributed by atoms with E-state index in [1.165, 1.54) is 16.6 Å². The number of sulfonamides is 1. The van der Waals surface area contributed by atoms with Gasteiger partial charge in [-0.05, 0) is 36.7 Å². The summed E-state index contributed by atoms with van der Waals surface area (Å²) in [4.78, 5) is 30.9. The highest BCUT2D eigenvalue weighted by Gasteiger charge is 2.25. The summed E-state index contributed by atoms with van der Waals surface area (Å²) < 4.78 is 24.7. The van der Waals surface area contributed by atoms with Crippen molar-refractivity contribution in [2.75, 3.05) is 65.2 Å². The van der Waals surface area contributed by atoms with E-state index < -0.39 is 10.0 Å². The maximum atomic E-state index is 12.6. The first-order valence-electron chi connectivity index (χ1n) is 11.0. The summed E-state index contributed by atoms with van der Waals surface area (Å²) in [5, 5.41) is 0.891. The third kappa shape index (κ3) is 7.68. The molecule has 3 rings (SSSR count). The van der Waals surface area contributed by atoms with Crippen molar-refractivity contribution in [3.8, 4) is 0 Å². The summed E-state index contributed by atoms with van der Waals surface area (Å²) in [6, 6.07) is 5.16. The van der Waals surface area contributed by atoms with E-state index in [1.807, 2.05) is 4.90 Å². The second-order valence-electron chi connectivity index (χ2n) is 8.32. The molecule has 0 spiro atoms. The fourth-order valence-electron chi connectivity index (χ4n) is 3.98. The van der Waals surface area contributed by atoms with Crippen molar-refractivity contribution < 1.29 is 18.0 Å². The van der Waals surface area contributed by atoms with Gasteiger partial charge in [0.15, 0.2) is 0 Å². The number of piperazine rings is 1. The summed E-state index contributed by atoms with van der Waals surface area (Å²) in [7, 11) is -3.13. The molecular formula is C22H30Cl2N4O4S. The number of rotatable bonds is 7. The van der Waals surface area contributed by atoms with Crippen LogP contribution in [-0.2, 0) is 19.6 Å². The van der Waals surface area contributed by atoms with E-state index in [2.05, 4.69) is 4.90 Å². The van der Waals surface area contributed by atoms with Crippen LogP contribution in [0.15, 0.2) is 24.3 Å². The molecular weight excluding hydrogens is 487 g/mol. The molecule has 0 radical (unpaired) electrons. The summed E-state index contributed by atoms with van der Waals surface area (Å²) in [5.41, 5.74) is 0.780. The zero-order valence-corrected chi connectivity index (χ0v) is 21.1. The van der Waals surface area contributed by atoms with Crippen molar-refractivity contribution in [2.24, 2.45) is 0 Å². The molecule has 11 heteroatoms. The molecule has 1 aromatic rings. The van der Waals surface area contributed by atoms with Gasteiger partial charge in [0, 0.05) is 64.9 Å². The summed E-state index contributed by atoms with van der Waals surface area (Å²) in [5.74, 6) is -0.0832. The number of amides is 2. The van der Waals surface area contributed by atoms with E-state index in [4.69, 9.17) is 23.2 Å². The minimum atomic E-state index is -3.13. The normalized spacial score (nSPS) is 19.3. The smallest absolute Gasteiger partial charge is 0.246 e. The van der Waals surface area contributed by atoms with Gasteiger partial charge in [0.2, 0.25) is 21.8 Å². The molecule has 0 unspecified atom stereocenters. The van der Waals surface area contributed by atoms with E-state index in [1.54, 1.807) is 29.2 Å². The fraction of sp³-hybridized carbons (Fsp3) is 0.545. The van der Waals surface area contributed by atoms with Gasteiger partial charge in [-0.2, -0.15) is 4.31 Å². The zero-order chi connectivity index (χ0) is 24.0. The first-order chi connectivity index (χ1) is 15.6. The summed E-state index contributed by atoms with van der Waals surface area (Å²) in [6.45, 7) is 5.26. The van der Waals surface area contributed by atoms with Crippen molar-refractivity contribution in [1.29, 1.82) is 0 Å². The molecule has 0 bridgehead atoms. The Morgan fingerprint density at radius 1 is 1.00 bits per heavy atom. The highest BCUT2D eigenvalue weighted by molar-refractivity contribution is 7.88. The maximum Gasteiger partial charge on any atom is 0.246 e. The molecule has 33 heavy (non-hydrogen) atoms. The van der Waals surface area contributed by atoms with E-state index in [-0.39, 0.29) is 11.8 Å². The second-order valence-corrected chi connectivity index (χ2v) is 11.1. The molecule has 0 atom stereocenters. The molecule has 0 aliphatic carbocycles. The lowest BCUT2D eigenvalue weighted by molar-refractivity contribution is -0.130. The molecule has 2 heterocycles. The molecule has 8 nitrogen and oxygen atoms in total. The van der Waals surface area contributed by atoms with Gasteiger partial charge in [-0.1, -0.05) is 29.3 Å². The lowest BCUT2D eigenvalue weighted by Crippen LogP contribution is -2.48. The molecule has 0 N–H and O–H groups in total. The number of nitrogens with zero attached hydrogens (tertiary/aromatic N) is 4. The van der Waals surface area contributed by atoms with Crippen LogP contribution in [0.5, 0.6) is 0 Å². The third-order valence-corrected chi connectivity index (χ3v) is 8.01. The van der Waals surface area contributed by atoms with E-state index in [0.717, 1.165) is 18.5 Å². The summed E-state index contributed by atoms with van der Waals surface area (Å²) >= 11 is 11.9. The molecule has 182 valence electrons. The quantitative estimate of drug-likeness (QED) is 0.518. The van der Waals surface area contributed by atoms with Gasteiger partial charge < -0.3 is 14.7 Å². The van der Waals surface area contributed by atoms with Crippen LogP contribution in [0.2, 0.25) is 10.0 Å². The van der Waals surface area contributed by atoms with E-state index in [9.17, 15) is 18.0 Å². The van der Waals surface area contributed by atoms with Gasteiger partial charge in [-0.3, -0.25) is 9.59 Å². The third-order valence-electron chi connectivity index (χ3n) is 5.96. The van der Waals surface area contributed by atoms with Crippen LogP contribution in [-0.4, -0.2) is 104 Å². The van der Waals surface area contributed by atoms with Crippen LogP contribution in [0.4, 0.5) is 0 Å². The lowest BCUT2D eigenvalue weighted by Gasteiger charge is -2.33. The Kier molecular flexibility index (Phi) is 9.17. The minimum Gasteiger partial charge on any atom is -0.341 e. The van der Waals surface area contributed by atoms with Crippen LogP contribution in [0.25, 0.3) is 6.08 Å². The number of carbonyl (C=O) groups is 2. The van der Waals surface area contributed by atoms with Crippen LogP contribution >= 0.6 is 23.2 Å². The number of halogens is 2. The van der Waals surface area contributed by atoms with Crippen molar-refractivity contribution in [1.82, 2.24) is 19.0 Å². The fourth-order valence-corrected chi connectivity index (χ4v) is 5.12. The SMILES string of the molecule is CS(=O)(=O)N1CCN(CCCN2CCN(C(=O)C=Cc3ccc(Cl)c(Cl)c3)CCC2=O)CC1. The Bertz CT molecular complexity index is 994. The Hall–Kier alpha value is -1.65. The first-order valence-corrected chi connectivity index (χ1v) is 13.6. The first kappa shape index (κ1) is 26.0. The molecule has 1 aromatic carbocycles. The summed E-state index contributed by atoms with van der Waals surface area (Å²) in [6.07, 6.45) is 5.55. The predicted octanol–water partition coefficient (Wildman–Crippen LogP) is 2.03. The van der Waals surface area contributed by atoms with E-state index in [0.29, 0.717) is 68.8 Å². The second kappa shape index (κ2) is 11.7. The molecule has 2 aliphatic heterocycles. The topological polar surface area (TPSA) is 81.2 Å². The minimum absolute atomic E-state index is 0.0562. The zero-order valence-electron chi connectivity index (χ0n) is 18.8. The highest BCUT2D eigenvalue weighted by Crippen LogP contribution is 2.23. The predicted molar refractivity (Wildman–Crippen MR) is 131 cm³/mol. The Balaban J connectivity index is 1.43. The van der Waals surface area contributed by atoms with Crippen molar-refractivity contribution in [3.05, 3.63) is 39.9 Å². The molecule has 2 fully saturated rings. The van der Waals surface area contributed by atoms with Gasteiger partial charge in [0.1, 0.15) is 0 Å². The van der Waals surface area contributed by atoms with Gasteiger partial charge >= 0.3 is 0 Å². The highest BCUT2D eigenvalue weighted by atomic mass is 35.5. The van der Waals surface area contributed by atoms with Crippen LogP contribution in [0, 0.1) is 0 Å². The van der Waals surface area contributed by atoms with Crippen LogP contribution in [0.3, 0.4) is 0 Å². The van der Waals surface area contributed by atoms with Gasteiger partial charge in [-0.15, -0.1) is 0 Å². The maximum absolute atomic E-state index is 12.6. The monoisotopic (exact) mass is 516 g/mol. The average Bonchev–Trinajstić information content (AvgIpc) is 2.96. The number of benzene rings is 1. The molecule has 2 amide bonds. The molecule has 2 saturated heterocycles. The van der Waals surface area contributed by atoms with Gasteiger partial charge in [-0.25, -0.2) is 8.42 Å². The molecule has 2 aliphatic rings.